The van der Waals surface area contributed by atoms with Crippen LogP contribution in [0.5, 0.6) is 11.5 Å². The Morgan fingerprint density at radius 2 is 1.81 bits per heavy atom. The molecule has 2 aromatic carbocycles. The van der Waals surface area contributed by atoms with E-state index in [0.29, 0.717) is 22.7 Å². The molecular weight excluding hydrogens is 334 g/mol. The first kappa shape index (κ1) is 19.3. The van der Waals surface area contributed by atoms with Gasteiger partial charge in [-0.25, -0.2) is 0 Å². The molecule has 2 amide bonds. The predicted molar refractivity (Wildman–Crippen MR) is 99.6 cm³/mol. The third-order valence-electron chi connectivity index (χ3n) is 3.76. The Labute approximate surface area is 152 Å². The summed E-state index contributed by atoms with van der Waals surface area (Å²) in [5, 5.41) is 5.43. The zero-order valence-electron chi connectivity index (χ0n) is 15.0. The van der Waals surface area contributed by atoms with Gasteiger partial charge in [0.25, 0.3) is 5.91 Å². The number of nitrogens with two attached hydrogens (primary N) is 1. The molecule has 0 radical (unpaired) electrons. The Hall–Kier alpha value is -3.06. The minimum atomic E-state index is -0.330. The average molecular weight is 357 g/mol. The second-order valence-corrected chi connectivity index (χ2v) is 5.67. The van der Waals surface area contributed by atoms with Crippen LogP contribution in [0, 0.1) is 0 Å². The third kappa shape index (κ3) is 4.73. The molecule has 0 bridgehead atoms. The van der Waals surface area contributed by atoms with E-state index in [1.165, 1.54) is 27.2 Å². The predicted octanol–water partition coefficient (Wildman–Crippen LogP) is 2.09. The summed E-state index contributed by atoms with van der Waals surface area (Å²) in [6.07, 6.45) is 0. The van der Waals surface area contributed by atoms with Crippen molar-refractivity contribution >= 4 is 17.5 Å². The molecule has 0 saturated heterocycles. The number of amides is 2. The molecule has 7 nitrogen and oxygen atoms in total. The summed E-state index contributed by atoms with van der Waals surface area (Å²) in [5.41, 5.74) is 7.72. The molecule has 2 aromatic rings. The molecule has 0 aromatic heterocycles. The van der Waals surface area contributed by atoms with Gasteiger partial charge in [-0.3, -0.25) is 9.59 Å². The van der Waals surface area contributed by atoms with Gasteiger partial charge in [-0.15, -0.1) is 0 Å². The lowest BCUT2D eigenvalue weighted by molar-refractivity contribution is -0.114. The van der Waals surface area contributed by atoms with Gasteiger partial charge in [-0.2, -0.15) is 0 Å². The van der Waals surface area contributed by atoms with Crippen molar-refractivity contribution in [3.63, 3.8) is 0 Å². The van der Waals surface area contributed by atoms with Gasteiger partial charge in [0.15, 0.2) is 11.5 Å². The normalized spacial score (nSPS) is 11.4. The van der Waals surface area contributed by atoms with E-state index < -0.39 is 0 Å². The molecule has 0 fully saturated rings. The molecule has 0 aliphatic carbocycles. The number of nitrogens with one attached hydrogen (secondary N) is 2. The number of ether oxygens (including phenoxy) is 2. The molecule has 7 heteroatoms. The topological polar surface area (TPSA) is 103 Å². The molecule has 0 heterocycles. The monoisotopic (exact) mass is 357 g/mol. The van der Waals surface area contributed by atoms with Crippen LogP contribution in [0.1, 0.15) is 28.9 Å². The van der Waals surface area contributed by atoms with Crippen LogP contribution in [-0.4, -0.2) is 32.6 Å². The fourth-order valence-electron chi connectivity index (χ4n) is 2.50. The van der Waals surface area contributed by atoms with E-state index in [-0.39, 0.29) is 24.4 Å². The Kier molecular flexibility index (Phi) is 6.57. The highest BCUT2D eigenvalue weighted by atomic mass is 16.5. The van der Waals surface area contributed by atoms with Crippen LogP contribution in [0.3, 0.4) is 0 Å². The highest BCUT2D eigenvalue weighted by Gasteiger charge is 2.17. The van der Waals surface area contributed by atoms with Crippen molar-refractivity contribution in [2.24, 2.45) is 5.73 Å². The maximum atomic E-state index is 12.5. The Bertz CT molecular complexity index is 778. The number of carbonyl (C=O) groups excluding carboxylic acids is 2. The average Bonchev–Trinajstić information content (AvgIpc) is 2.65. The maximum Gasteiger partial charge on any atom is 0.251 e. The van der Waals surface area contributed by atoms with Crippen LogP contribution in [0.25, 0.3) is 0 Å². The van der Waals surface area contributed by atoms with E-state index in [0.717, 1.165) is 5.56 Å². The Balaban J connectivity index is 2.18. The number of benzene rings is 2. The zero-order chi connectivity index (χ0) is 19.1. The molecular formula is C19H23N3O4. The zero-order valence-corrected chi connectivity index (χ0v) is 15.0. The van der Waals surface area contributed by atoms with Gasteiger partial charge in [-0.05, 0) is 17.7 Å². The van der Waals surface area contributed by atoms with Gasteiger partial charge in [-0.1, -0.05) is 30.3 Å². The number of anilines is 1. The van der Waals surface area contributed by atoms with Gasteiger partial charge in [0.1, 0.15) is 0 Å². The second kappa shape index (κ2) is 8.87. The number of methoxy groups -OCH3 is 2. The smallest absolute Gasteiger partial charge is 0.251 e. The lowest BCUT2D eigenvalue weighted by atomic mass is 10.1. The van der Waals surface area contributed by atoms with Crippen molar-refractivity contribution in [2.75, 3.05) is 26.1 Å². The summed E-state index contributed by atoms with van der Waals surface area (Å²) in [5.74, 6) is 0.0782. The summed E-state index contributed by atoms with van der Waals surface area (Å²) in [6, 6.07) is 12.3. The van der Waals surface area contributed by atoms with Crippen molar-refractivity contribution in [1.82, 2.24) is 5.32 Å². The molecule has 0 spiro atoms. The van der Waals surface area contributed by atoms with Crippen molar-refractivity contribution in [1.29, 1.82) is 0 Å². The van der Waals surface area contributed by atoms with E-state index in [1.54, 1.807) is 6.07 Å². The molecule has 2 rings (SSSR count). The Morgan fingerprint density at radius 1 is 1.12 bits per heavy atom. The van der Waals surface area contributed by atoms with E-state index in [9.17, 15) is 9.59 Å². The fraction of sp³-hybridized carbons (Fsp3) is 0.263. The molecule has 138 valence electrons. The van der Waals surface area contributed by atoms with E-state index in [2.05, 4.69) is 10.6 Å². The summed E-state index contributed by atoms with van der Waals surface area (Å²) in [6.45, 7) is 1.64. The van der Waals surface area contributed by atoms with Gasteiger partial charge >= 0.3 is 0 Å². The third-order valence-corrected chi connectivity index (χ3v) is 3.76. The van der Waals surface area contributed by atoms with Gasteiger partial charge in [0, 0.05) is 25.1 Å². The number of rotatable bonds is 7. The first-order chi connectivity index (χ1) is 12.5. The second-order valence-electron chi connectivity index (χ2n) is 5.67. The fourth-order valence-corrected chi connectivity index (χ4v) is 2.50. The molecule has 1 atom stereocenters. The minimum Gasteiger partial charge on any atom is -0.493 e. The van der Waals surface area contributed by atoms with E-state index in [4.69, 9.17) is 15.2 Å². The lowest BCUT2D eigenvalue weighted by Crippen LogP contribution is -2.32. The highest BCUT2D eigenvalue weighted by Crippen LogP contribution is 2.36. The van der Waals surface area contributed by atoms with Crippen LogP contribution in [-0.2, 0) is 4.79 Å². The number of hydrogen-bond acceptors (Lipinski definition) is 5. The highest BCUT2D eigenvalue weighted by molar-refractivity contribution is 5.99. The molecule has 0 saturated carbocycles. The summed E-state index contributed by atoms with van der Waals surface area (Å²) in [4.78, 5) is 23.9. The molecule has 4 N–H and O–H groups in total. The lowest BCUT2D eigenvalue weighted by Gasteiger charge is -2.16. The van der Waals surface area contributed by atoms with Crippen LogP contribution in [0.15, 0.2) is 42.5 Å². The van der Waals surface area contributed by atoms with Crippen molar-refractivity contribution < 1.29 is 19.1 Å². The van der Waals surface area contributed by atoms with Gasteiger partial charge < -0.3 is 25.8 Å². The summed E-state index contributed by atoms with van der Waals surface area (Å²) in [7, 11) is 2.92. The summed E-state index contributed by atoms with van der Waals surface area (Å²) >= 11 is 0. The summed E-state index contributed by atoms with van der Waals surface area (Å²) < 4.78 is 10.5. The van der Waals surface area contributed by atoms with Crippen molar-refractivity contribution in [3.05, 3.63) is 53.6 Å². The Morgan fingerprint density at radius 3 is 2.38 bits per heavy atom. The SMILES string of the molecule is COc1cc(C(=O)NCC(N)c2ccccc2)cc(NC(C)=O)c1OC. The first-order valence-electron chi connectivity index (χ1n) is 8.08. The standard InChI is InChI=1S/C19H23N3O4/c1-12(23)22-16-9-14(10-17(25-2)18(16)26-3)19(24)21-11-15(20)13-7-5-4-6-8-13/h4-10,15H,11,20H2,1-3H3,(H,21,24)(H,22,23). The quantitative estimate of drug-likeness (QED) is 0.704. The van der Waals surface area contributed by atoms with Crippen LogP contribution in [0.4, 0.5) is 5.69 Å². The van der Waals surface area contributed by atoms with E-state index >= 15 is 0 Å². The first-order valence-corrected chi connectivity index (χ1v) is 8.08. The minimum absolute atomic E-state index is 0.270. The van der Waals surface area contributed by atoms with Gasteiger partial charge in [0.2, 0.25) is 5.91 Å². The largest absolute Gasteiger partial charge is 0.493 e. The van der Waals surface area contributed by atoms with Crippen molar-refractivity contribution in [2.45, 2.75) is 13.0 Å². The maximum absolute atomic E-state index is 12.5. The molecule has 0 aliphatic heterocycles. The van der Waals surface area contributed by atoms with Gasteiger partial charge in [0.05, 0.1) is 19.9 Å². The van der Waals surface area contributed by atoms with E-state index in [1.807, 2.05) is 30.3 Å². The van der Waals surface area contributed by atoms with Crippen LogP contribution in [0.2, 0.25) is 0 Å². The molecule has 0 aliphatic rings. The number of carbonyl (C=O) groups is 2. The molecule has 26 heavy (non-hydrogen) atoms. The number of hydrogen-bond donors (Lipinski definition) is 3. The molecule has 1 unspecified atom stereocenters. The van der Waals surface area contributed by atoms with Crippen LogP contribution >= 0.6 is 0 Å². The van der Waals surface area contributed by atoms with Crippen molar-refractivity contribution in [3.8, 4) is 11.5 Å². The van der Waals surface area contributed by atoms with Crippen LogP contribution < -0.4 is 25.8 Å².